The van der Waals surface area contributed by atoms with Crippen molar-refractivity contribution in [1.29, 1.82) is 5.26 Å². The molecule has 5 heteroatoms. The van der Waals surface area contributed by atoms with Crippen molar-refractivity contribution in [3.63, 3.8) is 0 Å². The van der Waals surface area contributed by atoms with Crippen LogP contribution >= 0.6 is 0 Å². The van der Waals surface area contributed by atoms with E-state index in [1.807, 2.05) is 6.07 Å². The van der Waals surface area contributed by atoms with Crippen LogP contribution in [0.5, 0.6) is 0 Å². The second-order valence-corrected chi connectivity index (χ2v) is 4.47. The summed E-state index contributed by atoms with van der Waals surface area (Å²) in [5.74, 6) is 0.288. The molecule has 20 heavy (non-hydrogen) atoms. The van der Waals surface area contributed by atoms with Crippen molar-refractivity contribution in [3.8, 4) is 6.07 Å². The number of nitrogens with zero attached hydrogens (tertiary/aromatic N) is 1. The molecule has 0 saturated heterocycles. The maximum absolute atomic E-state index is 13.0. The summed E-state index contributed by atoms with van der Waals surface area (Å²) in [6.45, 7) is 5.26. The van der Waals surface area contributed by atoms with E-state index in [1.165, 1.54) is 12.1 Å². The average molecular weight is 272 g/mol. The zero-order chi connectivity index (χ0) is 14.9. The van der Waals surface area contributed by atoms with Gasteiger partial charge in [0, 0.05) is 5.56 Å². The Morgan fingerprint density at radius 1 is 1.30 bits per heavy atom. The first-order valence-electron chi connectivity index (χ1n) is 6.01. The number of nitriles is 1. The van der Waals surface area contributed by atoms with Gasteiger partial charge < -0.3 is 9.73 Å². The summed E-state index contributed by atoms with van der Waals surface area (Å²) in [5, 5.41) is 11.6. The van der Waals surface area contributed by atoms with E-state index in [1.54, 1.807) is 20.8 Å². The van der Waals surface area contributed by atoms with Crippen LogP contribution in [0, 0.1) is 37.9 Å². The fraction of sp³-hybridized carbons (Fsp3) is 0.200. The largest absolute Gasteiger partial charge is 0.466 e. The molecular formula is C15H13FN2O2. The van der Waals surface area contributed by atoms with Crippen molar-refractivity contribution in [2.45, 2.75) is 20.8 Å². The number of carbonyl (C=O) groups is 1. The lowest BCUT2D eigenvalue weighted by atomic mass is 10.1. The number of hydrogen-bond donors (Lipinski definition) is 1. The van der Waals surface area contributed by atoms with Crippen molar-refractivity contribution in [1.82, 2.24) is 0 Å². The normalized spacial score (nSPS) is 10.2. The van der Waals surface area contributed by atoms with E-state index >= 15 is 0 Å². The van der Waals surface area contributed by atoms with Crippen LogP contribution in [0.2, 0.25) is 0 Å². The Balaban J connectivity index is 2.36. The predicted molar refractivity (Wildman–Crippen MR) is 72.0 cm³/mol. The third-order valence-electron chi connectivity index (χ3n) is 3.14. The minimum atomic E-state index is -0.522. The number of halogens is 1. The maximum atomic E-state index is 13.0. The van der Waals surface area contributed by atoms with Gasteiger partial charge in [0.05, 0.1) is 16.8 Å². The summed E-state index contributed by atoms with van der Waals surface area (Å²) < 4.78 is 18.4. The molecule has 1 N–H and O–H groups in total. The van der Waals surface area contributed by atoms with Crippen LogP contribution in [0.15, 0.2) is 22.6 Å². The number of carbonyl (C=O) groups excluding carboxylic acids is 1. The van der Waals surface area contributed by atoms with Gasteiger partial charge >= 0.3 is 0 Å². The lowest BCUT2D eigenvalue weighted by Gasteiger charge is -2.07. The second-order valence-electron chi connectivity index (χ2n) is 4.47. The van der Waals surface area contributed by atoms with Crippen LogP contribution in [-0.4, -0.2) is 5.91 Å². The van der Waals surface area contributed by atoms with E-state index < -0.39 is 5.82 Å². The van der Waals surface area contributed by atoms with E-state index in [4.69, 9.17) is 9.68 Å². The van der Waals surface area contributed by atoms with Gasteiger partial charge in [0.25, 0.3) is 5.91 Å². The third kappa shape index (κ3) is 2.41. The van der Waals surface area contributed by atoms with Gasteiger partial charge in [-0.3, -0.25) is 4.79 Å². The number of aryl methyl sites for hydroxylation is 2. The Morgan fingerprint density at radius 2 is 2.00 bits per heavy atom. The summed E-state index contributed by atoms with van der Waals surface area (Å²) in [6.07, 6.45) is 0. The highest BCUT2D eigenvalue weighted by atomic mass is 19.1. The highest BCUT2D eigenvalue weighted by Gasteiger charge is 2.19. The smallest absolute Gasteiger partial charge is 0.259 e. The summed E-state index contributed by atoms with van der Waals surface area (Å²) in [7, 11) is 0. The van der Waals surface area contributed by atoms with E-state index in [0.29, 0.717) is 17.1 Å². The van der Waals surface area contributed by atoms with Gasteiger partial charge in [-0.15, -0.1) is 0 Å². The van der Waals surface area contributed by atoms with Crippen molar-refractivity contribution >= 4 is 11.6 Å². The van der Waals surface area contributed by atoms with Gasteiger partial charge in [0.2, 0.25) is 0 Å². The van der Waals surface area contributed by atoms with Crippen LogP contribution in [0.1, 0.15) is 33.0 Å². The zero-order valence-corrected chi connectivity index (χ0v) is 11.4. The molecule has 1 aromatic heterocycles. The minimum absolute atomic E-state index is 0.0777. The van der Waals surface area contributed by atoms with Crippen molar-refractivity contribution in [2.75, 3.05) is 5.32 Å². The Kier molecular flexibility index (Phi) is 3.57. The van der Waals surface area contributed by atoms with Crippen LogP contribution in [-0.2, 0) is 0 Å². The van der Waals surface area contributed by atoms with E-state index in [2.05, 4.69) is 5.32 Å². The number of nitrogens with one attached hydrogen (secondary N) is 1. The van der Waals surface area contributed by atoms with Crippen LogP contribution in [0.3, 0.4) is 0 Å². The molecule has 0 unspecified atom stereocenters. The van der Waals surface area contributed by atoms with Gasteiger partial charge in [0.1, 0.15) is 23.4 Å². The first kappa shape index (κ1) is 13.8. The Bertz CT molecular complexity index is 726. The molecule has 102 valence electrons. The summed E-state index contributed by atoms with van der Waals surface area (Å²) >= 11 is 0. The molecule has 1 amide bonds. The van der Waals surface area contributed by atoms with Crippen LogP contribution in [0.4, 0.5) is 10.1 Å². The number of hydrogen-bond acceptors (Lipinski definition) is 3. The number of furan rings is 1. The lowest BCUT2D eigenvalue weighted by molar-refractivity contribution is 0.102. The number of anilines is 1. The SMILES string of the molecule is Cc1oc(C)c(C(=O)Nc2ccc(F)cc2C#N)c1C. The Morgan fingerprint density at radius 3 is 2.55 bits per heavy atom. The highest BCUT2D eigenvalue weighted by Crippen LogP contribution is 2.23. The fourth-order valence-corrected chi connectivity index (χ4v) is 2.03. The highest BCUT2D eigenvalue weighted by molar-refractivity contribution is 6.06. The van der Waals surface area contributed by atoms with Crippen LogP contribution in [0.25, 0.3) is 0 Å². The molecule has 0 saturated carbocycles. The predicted octanol–water partition coefficient (Wildman–Crippen LogP) is 3.47. The minimum Gasteiger partial charge on any atom is -0.466 e. The second kappa shape index (κ2) is 5.17. The molecule has 0 aliphatic heterocycles. The van der Waals surface area contributed by atoms with E-state index in [0.717, 1.165) is 11.6 Å². The van der Waals surface area contributed by atoms with Gasteiger partial charge in [-0.2, -0.15) is 5.26 Å². The lowest BCUT2D eigenvalue weighted by Crippen LogP contribution is -2.14. The summed E-state index contributed by atoms with van der Waals surface area (Å²) in [4.78, 5) is 12.2. The average Bonchev–Trinajstić information content (AvgIpc) is 2.65. The molecule has 0 bridgehead atoms. The van der Waals surface area contributed by atoms with E-state index in [9.17, 15) is 9.18 Å². The Hall–Kier alpha value is -2.61. The molecule has 2 aromatic rings. The molecular weight excluding hydrogens is 259 g/mol. The van der Waals surface area contributed by atoms with Crippen molar-refractivity contribution in [2.24, 2.45) is 0 Å². The number of benzene rings is 1. The standard InChI is InChI=1S/C15H13FN2O2/c1-8-9(2)20-10(3)14(8)15(19)18-13-5-4-12(16)6-11(13)7-17/h4-6H,1-3H3,(H,18,19). The molecule has 4 nitrogen and oxygen atoms in total. The van der Waals surface area contributed by atoms with E-state index in [-0.39, 0.29) is 17.2 Å². The Labute approximate surface area is 115 Å². The third-order valence-corrected chi connectivity index (χ3v) is 3.14. The molecule has 0 aliphatic rings. The van der Waals surface area contributed by atoms with Crippen molar-refractivity contribution in [3.05, 3.63) is 52.2 Å². The number of rotatable bonds is 2. The van der Waals surface area contributed by atoms with Gasteiger partial charge in [0.15, 0.2) is 0 Å². The molecule has 1 heterocycles. The topological polar surface area (TPSA) is 66.0 Å². The van der Waals surface area contributed by atoms with Gasteiger partial charge in [-0.25, -0.2) is 4.39 Å². The fourth-order valence-electron chi connectivity index (χ4n) is 2.03. The molecule has 0 aliphatic carbocycles. The number of amides is 1. The molecule has 0 atom stereocenters. The van der Waals surface area contributed by atoms with Crippen LogP contribution < -0.4 is 5.32 Å². The summed E-state index contributed by atoms with van der Waals surface area (Å²) in [6, 6.07) is 5.48. The molecule has 0 radical (unpaired) electrons. The van der Waals surface area contributed by atoms with Gasteiger partial charge in [-0.1, -0.05) is 0 Å². The summed E-state index contributed by atoms with van der Waals surface area (Å²) in [5.41, 5.74) is 1.54. The molecule has 0 fully saturated rings. The maximum Gasteiger partial charge on any atom is 0.259 e. The molecule has 0 spiro atoms. The first-order valence-corrected chi connectivity index (χ1v) is 6.01. The van der Waals surface area contributed by atoms with Crippen molar-refractivity contribution < 1.29 is 13.6 Å². The molecule has 2 rings (SSSR count). The first-order chi connectivity index (χ1) is 9.43. The van der Waals surface area contributed by atoms with Gasteiger partial charge in [-0.05, 0) is 39.0 Å². The zero-order valence-electron chi connectivity index (χ0n) is 11.4. The monoisotopic (exact) mass is 272 g/mol. The molecule has 1 aromatic carbocycles. The quantitative estimate of drug-likeness (QED) is 0.910.